The Kier molecular flexibility index (Phi) is 8.08. The van der Waals surface area contributed by atoms with E-state index >= 15 is 0 Å². The van der Waals surface area contributed by atoms with Crippen LogP contribution in [0, 0.1) is 0 Å². The molecule has 2 rings (SSSR count). The first-order valence-corrected chi connectivity index (χ1v) is 11.0. The normalized spacial score (nSPS) is 12.2. The molecule has 0 saturated carbocycles. The second-order valence-electron chi connectivity index (χ2n) is 6.57. The van der Waals surface area contributed by atoms with Crippen LogP contribution in [0.1, 0.15) is 42.2 Å². The predicted octanol–water partition coefficient (Wildman–Crippen LogP) is 2.89. The summed E-state index contributed by atoms with van der Waals surface area (Å²) < 4.78 is 43.3. The lowest BCUT2D eigenvalue weighted by atomic mass is 10.1. The molecular weight excluding hydrogens is 408 g/mol. The molecule has 0 radical (unpaired) electrons. The number of hydrogen-bond donors (Lipinski definition) is 2. The van der Waals surface area contributed by atoms with E-state index in [0.29, 0.717) is 17.9 Å². The number of ether oxygens (including phenoxy) is 3. The van der Waals surface area contributed by atoms with Gasteiger partial charge in [0.05, 0.1) is 27.4 Å². The third-order valence-electron chi connectivity index (χ3n) is 4.51. The Hall–Kier alpha value is -2.78. The van der Waals surface area contributed by atoms with Crippen LogP contribution in [0.2, 0.25) is 0 Å². The standard InChI is InChI=1S/C21H28N2O6S/c1-6-11-22-30(25,26)20-13-16(8-10-18(20)28-4)21(24)23-14(2)15-7-9-17(27-3)19(12-15)29-5/h7-10,12-14,22H,6,11H2,1-5H3,(H,23,24)/t14-/m1/s1. The summed E-state index contributed by atoms with van der Waals surface area (Å²) in [4.78, 5) is 12.7. The number of sulfonamides is 1. The van der Waals surface area contributed by atoms with Gasteiger partial charge in [0, 0.05) is 12.1 Å². The molecule has 0 aromatic heterocycles. The number of benzene rings is 2. The summed E-state index contributed by atoms with van der Waals surface area (Å²) in [5.41, 5.74) is 1.02. The Morgan fingerprint density at radius 2 is 1.60 bits per heavy atom. The molecule has 8 nitrogen and oxygen atoms in total. The number of methoxy groups -OCH3 is 3. The fourth-order valence-electron chi connectivity index (χ4n) is 2.83. The molecule has 0 heterocycles. The topological polar surface area (TPSA) is 103 Å². The highest BCUT2D eigenvalue weighted by atomic mass is 32.2. The summed E-state index contributed by atoms with van der Waals surface area (Å²) in [6, 6.07) is 9.32. The zero-order chi connectivity index (χ0) is 22.3. The molecule has 1 atom stereocenters. The van der Waals surface area contributed by atoms with Crippen molar-refractivity contribution in [2.75, 3.05) is 27.9 Å². The maximum absolute atomic E-state index is 12.8. The van der Waals surface area contributed by atoms with Gasteiger partial charge in [0.2, 0.25) is 10.0 Å². The molecule has 9 heteroatoms. The zero-order valence-corrected chi connectivity index (χ0v) is 18.6. The van der Waals surface area contributed by atoms with Gasteiger partial charge in [-0.15, -0.1) is 0 Å². The van der Waals surface area contributed by atoms with Crippen molar-refractivity contribution in [2.45, 2.75) is 31.2 Å². The number of amides is 1. The van der Waals surface area contributed by atoms with Crippen molar-refractivity contribution in [2.24, 2.45) is 0 Å². The van der Waals surface area contributed by atoms with Gasteiger partial charge in [-0.05, 0) is 49.2 Å². The van der Waals surface area contributed by atoms with Crippen molar-refractivity contribution in [1.29, 1.82) is 0 Å². The van der Waals surface area contributed by atoms with E-state index in [1.54, 1.807) is 19.2 Å². The second kappa shape index (κ2) is 10.3. The molecule has 0 bridgehead atoms. The van der Waals surface area contributed by atoms with Crippen LogP contribution in [0.5, 0.6) is 17.2 Å². The van der Waals surface area contributed by atoms with Gasteiger partial charge in [-0.2, -0.15) is 0 Å². The molecule has 30 heavy (non-hydrogen) atoms. The second-order valence-corrected chi connectivity index (χ2v) is 8.31. The largest absolute Gasteiger partial charge is 0.495 e. The van der Waals surface area contributed by atoms with Gasteiger partial charge in [-0.1, -0.05) is 13.0 Å². The maximum Gasteiger partial charge on any atom is 0.251 e. The van der Waals surface area contributed by atoms with Gasteiger partial charge in [-0.25, -0.2) is 13.1 Å². The Bertz CT molecular complexity index is 991. The van der Waals surface area contributed by atoms with E-state index in [2.05, 4.69) is 10.0 Å². The van der Waals surface area contributed by atoms with Crippen LogP contribution in [0.3, 0.4) is 0 Å². The Morgan fingerprint density at radius 3 is 2.20 bits per heavy atom. The van der Waals surface area contributed by atoms with Crippen LogP contribution in [0.15, 0.2) is 41.3 Å². The van der Waals surface area contributed by atoms with E-state index in [0.717, 1.165) is 5.56 Å². The van der Waals surface area contributed by atoms with E-state index in [-0.39, 0.29) is 28.8 Å². The fourth-order valence-corrected chi connectivity index (χ4v) is 4.15. The molecule has 0 fully saturated rings. The number of nitrogens with one attached hydrogen (secondary N) is 2. The summed E-state index contributed by atoms with van der Waals surface area (Å²) in [6.45, 7) is 3.97. The molecule has 2 aromatic rings. The van der Waals surface area contributed by atoms with Crippen LogP contribution in [-0.4, -0.2) is 42.2 Å². The molecule has 2 aromatic carbocycles. The van der Waals surface area contributed by atoms with E-state index in [9.17, 15) is 13.2 Å². The number of rotatable bonds is 10. The first-order valence-electron chi connectivity index (χ1n) is 9.47. The van der Waals surface area contributed by atoms with Crippen LogP contribution < -0.4 is 24.2 Å². The molecule has 0 saturated heterocycles. The summed E-state index contributed by atoms with van der Waals surface area (Å²) in [6.07, 6.45) is 0.643. The Labute approximate surface area is 177 Å². The van der Waals surface area contributed by atoms with Crippen molar-refractivity contribution < 1.29 is 27.4 Å². The van der Waals surface area contributed by atoms with Crippen LogP contribution in [-0.2, 0) is 10.0 Å². The molecule has 0 unspecified atom stereocenters. The summed E-state index contributed by atoms with van der Waals surface area (Å²) in [7, 11) is 0.666. The SMILES string of the molecule is CCCNS(=O)(=O)c1cc(C(=O)N[C@H](C)c2ccc(OC)c(OC)c2)ccc1OC. The Morgan fingerprint density at radius 1 is 0.967 bits per heavy atom. The van der Waals surface area contributed by atoms with Gasteiger partial charge in [-0.3, -0.25) is 4.79 Å². The van der Waals surface area contributed by atoms with Gasteiger partial charge < -0.3 is 19.5 Å². The number of carbonyl (C=O) groups excluding carboxylic acids is 1. The molecule has 1 amide bonds. The highest BCUT2D eigenvalue weighted by molar-refractivity contribution is 7.89. The van der Waals surface area contributed by atoms with E-state index in [1.807, 2.05) is 19.9 Å². The molecule has 0 aliphatic heterocycles. The molecular formula is C21H28N2O6S. The fraction of sp³-hybridized carbons (Fsp3) is 0.381. The van der Waals surface area contributed by atoms with Gasteiger partial charge in [0.15, 0.2) is 11.5 Å². The van der Waals surface area contributed by atoms with Crippen molar-refractivity contribution in [1.82, 2.24) is 10.0 Å². The summed E-state index contributed by atoms with van der Waals surface area (Å²) in [5.74, 6) is 0.898. The molecule has 164 valence electrons. The van der Waals surface area contributed by atoms with Crippen molar-refractivity contribution >= 4 is 15.9 Å². The van der Waals surface area contributed by atoms with Crippen molar-refractivity contribution in [3.05, 3.63) is 47.5 Å². The number of hydrogen-bond acceptors (Lipinski definition) is 6. The molecule has 2 N–H and O–H groups in total. The number of carbonyl (C=O) groups is 1. The molecule has 0 aliphatic carbocycles. The average Bonchev–Trinajstić information content (AvgIpc) is 2.76. The third-order valence-corrected chi connectivity index (χ3v) is 5.99. The monoisotopic (exact) mass is 436 g/mol. The van der Waals surface area contributed by atoms with Crippen LogP contribution in [0.4, 0.5) is 0 Å². The third kappa shape index (κ3) is 5.43. The van der Waals surface area contributed by atoms with Crippen molar-refractivity contribution in [3.8, 4) is 17.2 Å². The van der Waals surface area contributed by atoms with E-state index in [1.165, 1.54) is 32.4 Å². The van der Waals surface area contributed by atoms with Gasteiger partial charge >= 0.3 is 0 Å². The minimum atomic E-state index is -3.80. The quantitative estimate of drug-likeness (QED) is 0.594. The smallest absolute Gasteiger partial charge is 0.251 e. The lowest BCUT2D eigenvalue weighted by Crippen LogP contribution is -2.28. The molecule has 0 aliphatic rings. The van der Waals surface area contributed by atoms with Crippen LogP contribution >= 0.6 is 0 Å². The molecule has 0 spiro atoms. The summed E-state index contributed by atoms with van der Waals surface area (Å²) >= 11 is 0. The average molecular weight is 437 g/mol. The van der Waals surface area contributed by atoms with Gasteiger partial charge in [0.25, 0.3) is 5.91 Å². The van der Waals surface area contributed by atoms with Crippen LogP contribution in [0.25, 0.3) is 0 Å². The van der Waals surface area contributed by atoms with E-state index < -0.39 is 15.9 Å². The maximum atomic E-state index is 12.8. The lowest BCUT2D eigenvalue weighted by molar-refractivity contribution is 0.0939. The minimum Gasteiger partial charge on any atom is -0.495 e. The minimum absolute atomic E-state index is 0.0788. The zero-order valence-electron chi connectivity index (χ0n) is 17.8. The predicted molar refractivity (Wildman–Crippen MR) is 114 cm³/mol. The van der Waals surface area contributed by atoms with E-state index in [4.69, 9.17) is 14.2 Å². The summed E-state index contributed by atoms with van der Waals surface area (Å²) in [5, 5.41) is 2.87. The van der Waals surface area contributed by atoms with Crippen molar-refractivity contribution in [3.63, 3.8) is 0 Å². The lowest BCUT2D eigenvalue weighted by Gasteiger charge is -2.17. The van der Waals surface area contributed by atoms with Gasteiger partial charge in [0.1, 0.15) is 10.6 Å². The first kappa shape index (κ1) is 23.5. The highest BCUT2D eigenvalue weighted by Gasteiger charge is 2.22. The first-order chi connectivity index (χ1) is 14.3. The highest BCUT2D eigenvalue weighted by Crippen LogP contribution is 2.30. The Balaban J connectivity index is 2.27.